The molecule has 2 aliphatic heterocycles. The molecule has 3 nitrogen and oxygen atoms in total. The lowest BCUT2D eigenvalue weighted by atomic mass is 9.62. The molecule has 2 spiro atoms. The number of hydrogen-bond donors (Lipinski definition) is 0. The maximum Gasteiger partial charge on any atom is 0.118 e. The lowest BCUT2D eigenvalue weighted by Gasteiger charge is -2.61. The standard InChI is InChI=1S/C42H38NO2/c1-44-32-16-12-28(13-17-32)36-22-30-8-3-5-10-34(30)40-38(36)24-43(26-42(27-43)20-7-21-42)25-39-37(29-14-18-33(45-2)19-15-29)23-31-9-4-6-11-35(31)41(39)40/h3-6,8-19,22-23H,7,20-21,24-27H2,1-2H3/q+1. The normalized spacial score (nSPS) is 17.3. The first-order chi connectivity index (χ1) is 22.1. The van der Waals surface area contributed by atoms with Crippen molar-refractivity contribution in [2.45, 2.75) is 32.4 Å². The largest absolute Gasteiger partial charge is 0.497 e. The Labute approximate surface area is 265 Å². The summed E-state index contributed by atoms with van der Waals surface area (Å²) in [4.78, 5) is 0. The number of hydrogen-bond acceptors (Lipinski definition) is 2. The predicted octanol–water partition coefficient (Wildman–Crippen LogP) is 10.0. The molecule has 6 aromatic carbocycles. The van der Waals surface area contributed by atoms with Gasteiger partial charge >= 0.3 is 0 Å². The lowest BCUT2D eigenvalue weighted by Crippen LogP contribution is -2.70. The Hall–Kier alpha value is -4.60. The van der Waals surface area contributed by atoms with Gasteiger partial charge in [-0.3, -0.25) is 0 Å². The van der Waals surface area contributed by atoms with Gasteiger partial charge in [0.25, 0.3) is 0 Å². The van der Waals surface area contributed by atoms with Crippen LogP contribution in [0, 0.1) is 5.41 Å². The molecule has 3 heteroatoms. The van der Waals surface area contributed by atoms with Gasteiger partial charge in [0.1, 0.15) is 24.6 Å². The van der Waals surface area contributed by atoms with Crippen LogP contribution in [0.15, 0.2) is 109 Å². The average Bonchev–Trinajstić information content (AvgIpc) is 3.22. The van der Waals surface area contributed by atoms with E-state index in [0.717, 1.165) is 29.1 Å². The minimum absolute atomic E-state index is 0.541. The topological polar surface area (TPSA) is 18.5 Å². The summed E-state index contributed by atoms with van der Waals surface area (Å²) >= 11 is 0. The minimum Gasteiger partial charge on any atom is -0.497 e. The molecule has 3 aliphatic rings. The molecule has 222 valence electrons. The molecule has 1 aliphatic carbocycles. The Balaban J connectivity index is 1.40. The fraction of sp³-hybridized carbons (Fsp3) is 0.238. The molecule has 45 heavy (non-hydrogen) atoms. The van der Waals surface area contributed by atoms with Crippen LogP contribution in [0.3, 0.4) is 0 Å². The lowest BCUT2D eigenvalue weighted by molar-refractivity contribution is -1.01. The van der Waals surface area contributed by atoms with E-state index in [0.29, 0.717) is 5.41 Å². The third-order valence-electron chi connectivity index (χ3n) is 11.1. The van der Waals surface area contributed by atoms with Crippen molar-refractivity contribution in [3.63, 3.8) is 0 Å². The summed E-state index contributed by atoms with van der Waals surface area (Å²) in [5, 5.41) is 5.28. The third kappa shape index (κ3) is 4.14. The van der Waals surface area contributed by atoms with Crippen LogP contribution in [0.5, 0.6) is 11.5 Å². The molecule has 0 atom stereocenters. The van der Waals surface area contributed by atoms with Crippen LogP contribution >= 0.6 is 0 Å². The van der Waals surface area contributed by atoms with Gasteiger partial charge in [0.05, 0.1) is 32.7 Å². The van der Waals surface area contributed by atoms with Crippen molar-refractivity contribution in [2.24, 2.45) is 5.41 Å². The SMILES string of the molecule is COc1ccc(-c2cc3ccccc3c3c2C[N+]2(Cc4c(-c5ccc(OC)cc5)cc5ccccc5c4-3)CC3(CCC3)C2)cc1. The van der Waals surface area contributed by atoms with Crippen LogP contribution in [0.1, 0.15) is 30.4 Å². The van der Waals surface area contributed by atoms with Crippen LogP contribution in [0.4, 0.5) is 0 Å². The monoisotopic (exact) mass is 588 g/mol. The van der Waals surface area contributed by atoms with Gasteiger partial charge in [-0.15, -0.1) is 0 Å². The smallest absolute Gasteiger partial charge is 0.118 e. The van der Waals surface area contributed by atoms with Crippen molar-refractivity contribution in [3.8, 4) is 44.9 Å². The van der Waals surface area contributed by atoms with E-state index < -0.39 is 0 Å². The van der Waals surface area contributed by atoms with Crippen molar-refractivity contribution >= 4 is 21.5 Å². The molecule has 0 unspecified atom stereocenters. The Kier molecular flexibility index (Phi) is 5.92. The average molecular weight is 589 g/mol. The molecule has 6 aromatic rings. The molecular formula is C42H38NO2+. The van der Waals surface area contributed by atoms with Gasteiger partial charge in [-0.2, -0.15) is 0 Å². The van der Waals surface area contributed by atoms with Crippen LogP contribution in [0.2, 0.25) is 0 Å². The highest BCUT2D eigenvalue weighted by Gasteiger charge is 2.59. The first-order valence-corrected chi connectivity index (χ1v) is 16.3. The Bertz CT molecular complexity index is 1960. The van der Waals surface area contributed by atoms with Gasteiger partial charge in [-0.25, -0.2) is 0 Å². The van der Waals surface area contributed by atoms with Crippen molar-refractivity contribution in [2.75, 3.05) is 27.3 Å². The quantitative estimate of drug-likeness (QED) is 0.191. The second-order valence-corrected chi connectivity index (χ2v) is 13.8. The summed E-state index contributed by atoms with van der Waals surface area (Å²) < 4.78 is 12.3. The van der Waals surface area contributed by atoms with Crippen LogP contribution in [-0.4, -0.2) is 31.8 Å². The molecular weight excluding hydrogens is 550 g/mol. The zero-order valence-electron chi connectivity index (χ0n) is 26.1. The van der Waals surface area contributed by atoms with E-state index in [-0.39, 0.29) is 0 Å². The van der Waals surface area contributed by atoms with Crippen LogP contribution in [-0.2, 0) is 13.1 Å². The number of nitrogens with zero attached hydrogens (tertiary/aromatic N) is 1. The first-order valence-electron chi connectivity index (χ1n) is 16.3. The molecule has 0 aromatic heterocycles. The van der Waals surface area contributed by atoms with E-state index in [9.17, 15) is 0 Å². The second kappa shape index (κ2) is 9.95. The summed E-state index contributed by atoms with van der Waals surface area (Å²) in [6.45, 7) is 4.65. The zero-order chi connectivity index (χ0) is 30.2. The number of fused-ring (bicyclic) bond motifs is 7. The molecule has 2 heterocycles. The molecule has 2 fully saturated rings. The fourth-order valence-corrected chi connectivity index (χ4v) is 9.06. The summed E-state index contributed by atoms with van der Waals surface area (Å²) in [6, 6.07) is 40.4. The highest BCUT2D eigenvalue weighted by atomic mass is 16.5. The zero-order valence-corrected chi connectivity index (χ0v) is 26.1. The van der Waals surface area contributed by atoms with Gasteiger partial charge in [0, 0.05) is 22.3 Å². The minimum atomic E-state index is 0.541. The molecule has 0 N–H and O–H groups in total. The van der Waals surface area contributed by atoms with Crippen molar-refractivity contribution in [1.82, 2.24) is 0 Å². The van der Waals surface area contributed by atoms with Gasteiger partial charge in [0.2, 0.25) is 0 Å². The van der Waals surface area contributed by atoms with Crippen LogP contribution < -0.4 is 9.47 Å². The highest BCUT2D eigenvalue weighted by Crippen LogP contribution is 2.57. The van der Waals surface area contributed by atoms with Gasteiger partial charge in [0.15, 0.2) is 0 Å². The maximum atomic E-state index is 5.56. The summed E-state index contributed by atoms with van der Waals surface area (Å²) in [5.74, 6) is 1.79. The fourth-order valence-electron chi connectivity index (χ4n) is 9.06. The van der Waals surface area contributed by atoms with E-state index in [2.05, 4.69) is 109 Å². The maximum absolute atomic E-state index is 5.56. The van der Waals surface area contributed by atoms with Gasteiger partial charge < -0.3 is 14.0 Å². The molecule has 0 bridgehead atoms. The van der Waals surface area contributed by atoms with E-state index in [1.165, 1.54) is 98.4 Å². The van der Waals surface area contributed by atoms with E-state index in [4.69, 9.17) is 9.47 Å². The summed E-state index contributed by atoms with van der Waals surface area (Å²) in [6.07, 6.45) is 4.16. The van der Waals surface area contributed by atoms with Gasteiger partial charge in [-0.05, 0) is 93.0 Å². The molecule has 0 amide bonds. The summed E-state index contributed by atoms with van der Waals surface area (Å²) in [7, 11) is 3.49. The van der Waals surface area contributed by atoms with Crippen LogP contribution in [0.25, 0.3) is 54.9 Å². The Morgan fingerprint density at radius 3 is 1.40 bits per heavy atom. The number of methoxy groups -OCH3 is 2. The predicted molar refractivity (Wildman–Crippen MR) is 185 cm³/mol. The number of quaternary nitrogens is 1. The number of rotatable bonds is 4. The molecule has 9 rings (SSSR count). The Morgan fingerprint density at radius 1 is 0.556 bits per heavy atom. The van der Waals surface area contributed by atoms with E-state index in [1.807, 2.05) is 0 Å². The molecule has 0 radical (unpaired) electrons. The first kappa shape index (κ1) is 26.8. The van der Waals surface area contributed by atoms with Crippen molar-refractivity contribution in [1.29, 1.82) is 0 Å². The number of ether oxygens (including phenoxy) is 2. The summed E-state index contributed by atoms with van der Waals surface area (Å²) in [5.41, 5.74) is 11.6. The van der Waals surface area contributed by atoms with Crippen molar-refractivity contribution in [3.05, 3.63) is 120 Å². The van der Waals surface area contributed by atoms with Crippen molar-refractivity contribution < 1.29 is 14.0 Å². The molecule has 1 saturated carbocycles. The second-order valence-electron chi connectivity index (χ2n) is 13.8. The molecule has 1 saturated heterocycles. The number of benzene rings is 6. The van der Waals surface area contributed by atoms with E-state index >= 15 is 0 Å². The van der Waals surface area contributed by atoms with Gasteiger partial charge in [-0.1, -0.05) is 79.2 Å². The third-order valence-corrected chi connectivity index (χ3v) is 11.1. The van der Waals surface area contributed by atoms with E-state index in [1.54, 1.807) is 14.2 Å². The Morgan fingerprint density at radius 2 is 1.00 bits per heavy atom. The highest BCUT2D eigenvalue weighted by molar-refractivity contribution is 6.12.